The molecular weight excluding hydrogens is 436 g/mol. The minimum atomic E-state index is -3.61. The summed E-state index contributed by atoms with van der Waals surface area (Å²) in [5.41, 5.74) is 0.527. The van der Waals surface area contributed by atoms with E-state index >= 15 is 0 Å². The van der Waals surface area contributed by atoms with E-state index in [0.29, 0.717) is 23.7 Å². The number of nitrogens with one attached hydrogen (secondary N) is 1. The number of methoxy groups -OCH3 is 1. The molecular formula is C22H26N2O7S. The van der Waals surface area contributed by atoms with Crippen LogP contribution >= 0.6 is 0 Å². The highest BCUT2D eigenvalue weighted by Crippen LogP contribution is 2.33. The molecule has 0 bridgehead atoms. The third kappa shape index (κ3) is 5.57. The predicted molar refractivity (Wildman–Crippen MR) is 117 cm³/mol. The van der Waals surface area contributed by atoms with Crippen LogP contribution < -0.4 is 19.1 Å². The van der Waals surface area contributed by atoms with E-state index in [-0.39, 0.29) is 29.9 Å². The Morgan fingerprint density at radius 1 is 1.16 bits per heavy atom. The monoisotopic (exact) mass is 462 g/mol. The lowest BCUT2D eigenvalue weighted by atomic mass is 10.2. The van der Waals surface area contributed by atoms with E-state index in [1.807, 2.05) is 13.8 Å². The van der Waals surface area contributed by atoms with Crippen LogP contribution in [0.2, 0.25) is 0 Å². The van der Waals surface area contributed by atoms with Crippen molar-refractivity contribution in [3.8, 4) is 11.5 Å². The fourth-order valence-electron chi connectivity index (χ4n) is 3.02. The summed E-state index contributed by atoms with van der Waals surface area (Å²) in [4.78, 5) is 26.3. The number of amides is 1. The van der Waals surface area contributed by atoms with Gasteiger partial charge in [0.2, 0.25) is 16.1 Å². The molecule has 1 N–H and O–H groups in total. The van der Waals surface area contributed by atoms with Gasteiger partial charge in [-0.1, -0.05) is 26.0 Å². The molecule has 2 aromatic rings. The Morgan fingerprint density at radius 3 is 2.50 bits per heavy atom. The summed E-state index contributed by atoms with van der Waals surface area (Å²) in [7, 11) is -2.36. The number of para-hydroxylation sites is 2. The van der Waals surface area contributed by atoms with Crippen LogP contribution in [0.4, 0.5) is 5.69 Å². The first-order valence-electron chi connectivity index (χ1n) is 10.1. The van der Waals surface area contributed by atoms with Gasteiger partial charge in [0.05, 0.1) is 24.2 Å². The number of sulfonamides is 1. The normalized spacial score (nSPS) is 15.6. The van der Waals surface area contributed by atoms with Crippen molar-refractivity contribution in [2.45, 2.75) is 24.8 Å². The summed E-state index contributed by atoms with van der Waals surface area (Å²) in [5, 5.41) is 0. The average molecular weight is 463 g/mol. The van der Waals surface area contributed by atoms with Crippen molar-refractivity contribution in [3.63, 3.8) is 0 Å². The number of anilines is 1. The lowest BCUT2D eigenvalue weighted by Crippen LogP contribution is -2.48. The van der Waals surface area contributed by atoms with Crippen LogP contribution in [0.3, 0.4) is 0 Å². The van der Waals surface area contributed by atoms with E-state index in [2.05, 4.69) is 4.72 Å². The number of benzene rings is 2. The molecule has 0 aromatic heterocycles. The number of ether oxygens (including phenoxy) is 3. The van der Waals surface area contributed by atoms with Crippen molar-refractivity contribution >= 4 is 27.6 Å². The van der Waals surface area contributed by atoms with E-state index in [9.17, 15) is 18.0 Å². The Kier molecular flexibility index (Phi) is 7.37. The summed E-state index contributed by atoms with van der Waals surface area (Å²) < 4.78 is 43.0. The van der Waals surface area contributed by atoms with Crippen molar-refractivity contribution < 1.29 is 32.2 Å². The molecule has 1 aliphatic rings. The van der Waals surface area contributed by atoms with Crippen LogP contribution in [0, 0.1) is 5.92 Å². The van der Waals surface area contributed by atoms with Crippen LogP contribution in [-0.4, -0.2) is 53.2 Å². The van der Waals surface area contributed by atoms with Crippen LogP contribution in [0.15, 0.2) is 53.4 Å². The van der Waals surface area contributed by atoms with Gasteiger partial charge in [0, 0.05) is 6.54 Å². The molecule has 0 radical (unpaired) electrons. The van der Waals surface area contributed by atoms with Gasteiger partial charge in [-0.05, 0) is 42.3 Å². The van der Waals surface area contributed by atoms with Gasteiger partial charge in [0.15, 0.2) is 6.61 Å². The predicted octanol–water partition coefficient (Wildman–Crippen LogP) is 1.97. The Labute approximate surface area is 187 Å². The van der Waals surface area contributed by atoms with E-state index in [4.69, 9.17) is 14.2 Å². The molecule has 0 unspecified atom stereocenters. The topological polar surface area (TPSA) is 111 Å². The highest BCUT2D eigenvalue weighted by Gasteiger charge is 2.34. The molecule has 1 amide bonds. The van der Waals surface area contributed by atoms with E-state index in [1.54, 1.807) is 24.3 Å². The first-order valence-corrected chi connectivity index (χ1v) is 11.6. The maximum atomic E-state index is 12.9. The van der Waals surface area contributed by atoms with Crippen molar-refractivity contribution in [3.05, 3.63) is 48.5 Å². The van der Waals surface area contributed by atoms with E-state index in [0.717, 1.165) is 0 Å². The number of carbonyl (C=O) groups is 2. The number of hydrogen-bond donors (Lipinski definition) is 1. The first-order chi connectivity index (χ1) is 15.2. The number of esters is 1. The standard InChI is InChI=1S/C22H26N2O7S/c1-15(2)12-23-32(27,28)17-10-8-16(9-11-17)30-14-21(25)24-13-20(22(26)29-3)31-19-7-5-4-6-18(19)24/h4-11,15,20,23H,12-14H2,1-3H3/t20-/m0/s1. The van der Waals surface area contributed by atoms with Gasteiger partial charge in [-0.15, -0.1) is 0 Å². The second-order valence-electron chi connectivity index (χ2n) is 7.61. The number of carbonyl (C=O) groups excluding carboxylic acids is 2. The molecule has 9 nitrogen and oxygen atoms in total. The summed E-state index contributed by atoms with van der Waals surface area (Å²) >= 11 is 0. The van der Waals surface area contributed by atoms with E-state index in [1.165, 1.54) is 36.3 Å². The average Bonchev–Trinajstić information content (AvgIpc) is 2.80. The molecule has 0 spiro atoms. The molecule has 1 atom stereocenters. The van der Waals surface area contributed by atoms with Gasteiger partial charge in [0.1, 0.15) is 11.5 Å². The maximum Gasteiger partial charge on any atom is 0.348 e. The Hall–Kier alpha value is -3.11. The summed E-state index contributed by atoms with van der Waals surface area (Å²) in [6.45, 7) is 3.85. The van der Waals surface area contributed by atoms with Crippen molar-refractivity contribution in [2.75, 3.05) is 31.7 Å². The number of rotatable bonds is 8. The third-order valence-corrected chi connectivity index (χ3v) is 6.16. The Bertz CT molecular complexity index is 1070. The highest BCUT2D eigenvalue weighted by atomic mass is 32.2. The van der Waals surface area contributed by atoms with Crippen LogP contribution in [0.25, 0.3) is 0 Å². The molecule has 2 aromatic carbocycles. The number of hydrogen-bond acceptors (Lipinski definition) is 7. The zero-order valence-electron chi connectivity index (χ0n) is 18.1. The molecule has 1 heterocycles. The number of fused-ring (bicyclic) bond motifs is 1. The van der Waals surface area contributed by atoms with Gasteiger partial charge in [-0.2, -0.15) is 0 Å². The second-order valence-corrected chi connectivity index (χ2v) is 9.37. The number of nitrogens with zero attached hydrogens (tertiary/aromatic N) is 1. The van der Waals surface area contributed by atoms with Gasteiger partial charge in [-0.25, -0.2) is 17.9 Å². The third-order valence-electron chi connectivity index (χ3n) is 4.72. The zero-order valence-corrected chi connectivity index (χ0v) is 18.9. The van der Waals surface area contributed by atoms with Crippen molar-refractivity contribution in [1.82, 2.24) is 4.72 Å². The summed E-state index contributed by atoms with van der Waals surface area (Å²) in [6, 6.07) is 12.7. The molecule has 10 heteroatoms. The van der Waals surface area contributed by atoms with E-state index < -0.39 is 22.1 Å². The lowest BCUT2D eigenvalue weighted by Gasteiger charge is -2.33. The maximum absolute atomic E-state index is 12.9. The summed E-state index contributed by atoms with van der Waals surface area (Å²) in [6.07, 6.45) is -0.943. The molecule has 0 fully saturated rings. The smallest absolute Gasteiger partial charge is 0.348 e. The second kappa shape index (κ2) is 10.0. The van der Waals surface area contributed by atoms with Crippen LogP contribution in [0.1, 0.15) is 13.8 Å². The van der Waals surface area contributed by atoms with Gasteiger partial charge in [0.25, 0.3) is 5.91 Å². The molecule has 32 heavy (non-hydrogen) atoms. The molecule has 0 saturated carbocycles. The Balaban J connectivity index is 1.67. The molecule has 0 saturated heterocycles. The minimum Gasteiger partial charge on any atom is -0.484 e. The fourth-order valence-corrected chi connectivity index (χ4v) is 4.24. The van der Waals surface area contributed by atoms with Crippen molar-refractivity contribution in [2.24, 2.45) is 5.92 Å². The Morgan fingerprint density at radius 2 is 1.84 bits per heavy atom. The highest BCUT2D eigenvalue weighted by molar-refractivity contribution is 7.89. The quantitative estimate of drug-likeness (QED) is 0.597. The lowest BCUT2D eigenvalue weighted by molar-refractivity contribution is -0.148. The molecule has 3 rings (SSSR count). The van der Waals surface area contributed by atoms with Gasteiger partial charge >= 0.3 is 5.97 Å². The molecule has 172 valence electrons. The molecule has 0 aliphatic carbocycles. The van der Waals surface area contributed by atoms with Crippen LogP contribution in [0.5, 0.6) is 11.5 Å². The first kappa shape index (κ1) is 23.6. The van der Waals surface area contributed by atoms with Gasteiger partial charge < -0.3 is 19.1 Å². The molecule has 1 aliphatic heterocycles. The SMILES string of the molecule is COC(=O)[C@@H]1CN(C(=O)COc2ccc(S(=O)(=O)NCC(C)C)cc2)c2ccccc2O1. The van der Waals surface area contributed by atoms with Crippen LogP contribution in [-0.2, 0) is 24.3 Å². The summed E-state index contributed by atoms with van der Waals surface area (Å²) in [5.74, 6) is -0.0493. The minimum absolute atomic E-state index is 0.00934. The van der Waals surface area contributed by atoms with Crippen molar-refractivity contribution in [1.29, 1.82) is 0 Å². The zero-order chi connectivity index (χ0) is 23.3. The van der Waals surface area contributed by atoms with Gasteiger partial charge in [-0.3, -0.25) is 4.79 Å². The fraction of sp³-hybridized carbons (Fsp3) is 0.364. The largest absolute Gasteiger partial charge is 0.484 e.